The molecular formula is C13H8Cl2N4O4S. The number of carbonyl (C=O) groups is 1. The molecule has 1 heterocycles. The third-order valence-electron chi connectivity index (χ3n) is 2.72. The monoisotopic (exact) mass is 386 g/mol. The number of aliphatic carboxylic acids is 1. The summed E-state index contributed by atoms with van der Waals surface area (Å²) in [6.45, 7) is -0.449. The first-order chi connectivity index (χ1) is 11.2. The van der Waals surface area contributed by atoms with Crippen LogP contribution in [-0.4, -0.2) is 34.5 Å². The molecule has 1 aromatic heterocycles. The van der Waals surface area contributed by atoms with Crippen molar-refractivity contribution in [3.05, 3.63) is 45.0 Å². The van der Waals surface area contributed by atoms with E-state index >= 15 is 0 Å². The number of hydrogen-bond donors (Lipinski definition) is 1. The Morgan fingerprint density at radius 1 is 1.42 bits per heavy atom. The van der Waals surface area contributed by atoms with E-state index in [9.17, 15) is 18.5 Å². The number of carboxylic acid groups (broad SMARTS) is 1. The van der Waals surface area contributed by atoms with E-state index in [2.05, 4.69) is 10.3 Å². The van der Waals surface area contributed by atoms with Gasteiger partial charge >= 0.3 is 5.97 Å². The highest BCUT2D eigenvalue weighted by molar-refractivity contribution is 7.95. The molecule has 0 aliphatic heterocycles. The van der Waals surface area contributed by atoms with Crippen LogP contribution in [0.15, 0.2) is 34.2 Å². The first-order valence-corrected chi connectivity index (χ1v) is 8.42. The van der Waals surface area contributed by atoms with Crippen LogP contribution in [0.2, 0.25) is 10.0 Å². The molecule has 0 saturated carbocycles. The highest BCUT2D eigenvalue weighted by atomic mass is 35.5. The number of hydrogen-bond acceptors (Lipinski definition) is 6. The second kappa shape index (κ2) is 7.00. The Labute approximate surface area is 146 Å². The lowest BCUT2D eigenvalue weighted by Gasteiger charge is -2.05. The standard InChI is InChI=1S/C13H8Cl2N4O4S/c14-8-1-2-11(15)12(3-8)24(22,23)10(5-16)4-9-6-19(18-17-9)7-13(20)21/h1-4,6H,7H2,(H,20,21)/b10-4+. The Bertz CT molecular complexity index is 976. The molecule has 0 spiro atoms. The quantitative estimate of drug-likeness (QED) is 0.778. The number of halogens is 2. The summed E-state index contributed by atoms with van der Waals surface area (Å²) in [6.07, 6.45) is 2.17. The van der Waals surface area contributed by atoms with Crippen molar-refractivity contribution < 1.29 is 18.3 Å². The first kappa shape index (κ1) is 17.9. The van der Waals surface area contributed by atoms with Crippen LogP contribution in [0, 0.1) is 11.3 Å². The number of aromatic nitrogens is 3. The molecule has 0 amide bonds. The van der Waals surface area contributed by atoms with Crippen LogP contribution in [-0.2, 0) is 21.2 Å². The number of rotatable bonds is 5. The van der Waals surface area contributed by atoms with Gasteiger partial charge in [-0.1, -0.05) is 28.4 Å². The molecule has 0 unspecified atom stereocenters. The predicted octanol–water partition coefficient (Wildman–Crippen LogP) is 2.01. The third kappa shape index (κ3) is 3.91. The van der Waals surface area contributed by atoms with Crippen LogP contribution in [0.5, 0.6) is 0 Å². The lowest BCUT2D eigenvalue weighted by molar-refractivity contribution is -0.137. The summed E-state index contributed by atoms with van der Waals surface area (Å²) in [4.78, 5) is 9.64. The summed E-state index contributed by atoms with van der Waals surface area (Å²) in [5.74, 6) is -1.14. The van der Waals surface area contributed by atoms with Crippen molar-refractivity contribution in [1.29, 1.82) is 5.26 Å². The summed E-state index contributed by atoms with van der Waals surface area (Å²) in [5.41, 5.74) is 0.00882. The van der Waals surface area contributed by atoms with E-state index in [1.807, 2.05) is 0 Å². The molecule has 0 atom stereocenters. The van der Waals surface area contributed by atoms with Gasteiger partial charge in [-0.3, -0.25) is 4.79 Å². The van der Waals surface area contributed by atoms with Gasteiger partial charge in [-0.05, 0) is 24.3 Å². The van der Waals surface area contributed by atoms with E-state index in [-0.39, 0.29) is 20.6 Å². The highest BCUT2D eigenvalue weighted by Crippen LogP contribution is 2.29. The van der Waals surface area contributed by atoms with E-state index in [1.54, 1.807) is 6.07 Å². The van der Waals surface area contributed by atoms with Crippen molar-refractivity contribution in [1.82, 2.24) is 15.0 Å². The van der Waals surface area contributed by atoms with Crippen molar-refractivity contribution in [3.63, 3.8) is 0 Å². The maximum Gasteiger partial charge on any atom is 0.325 e. The Morgan fingerprint density at radius 3 is 2.75 bits per heavy atom. The van der Waals surface area contributed by atoms with E-state index < -0.39 is 27.3 Å². The summed E-state index contributed by atoms with van der Waals surface area (Å²) in [7, 11) is -4.23. The molecule has 8 nitrogen and oxygen atoms in total. The zero-order chi connectivity index (χ0) is 17.9. The molecule has 24 heavy (non-hydrogen) atoms. The van der Waals surface area contributed by atoms with Gasteiger partial charge in [0.15, 0.2) is 4.91 Å². The minimum absolute atomic E-state index is 0.00882. The zero-order valence-electron chi connectivity index (χ0n) is 11.7. The number of nitriles is 1. The van der Waals surface area contributed by atoms with Crippen LogP contribution in [0.1, 0.15) is 5.69 Å². The van der Waals surface area contributed by atoms with Gasteiger partial charge < -0.3 is 5.11 Å². The smallest absolute Gasteiger partial charge is 0.325 e. The SMILES string of the molecule is N#C/C(=C\c1cn(CC(=O)O)nn1)S(=O)(=O)c1cc(Cl)ccc1Cl. The minimum atomic E-state index is -4.23. The molecule has 0 aliphatic rings. The van der Waals surface area contributed by atoms with E-state index in [1.165, 1.54) is 18.3 Å². The average molecular weight is 387 g/mol. The van der Waals surface area contributed by atoms with Gasteiger partial charge in [0.05, 0.1) is 16.1 Å². The fourth-order valence-corrected chi connectivity index (χ4v) is 3.60. The molecule has 1 aromatic carbocycles. The maximum absolute atomic E-state index is 12.5. The Morgan fingerprint density at radius 2 is 2.12 bits per heavy atom. The molecular weight excluding hydrogens is 379 g/mol. The maximum atomic E-state index is 12.5. The number of benzene rings is 1. The van der Waals surface area contributed by atoms with Crippen molar-refractivity contribution in [2.24, 2.45) is 0 Å². The zero-order valence-corrected chi connectivity index (χ0v) is 14.0. The summed E-state index contributed by atoms with van der Waals surface area (Å²) < 4.78 is 26.1. The van der Waals surface area contributed by atoms with Crippen molar-refractivity contribution in [2.45, 2.75) is 11.4 Å². The molecule has 0 bridgehead atoms. The second-order valence-electron chi connectivity index (χ2n) is 4.43. The topological polar surface area (TPSA) is 126 Å². The first-order valence-electron chi connectivity index (χ1n) is 6.18. The highest BCUT2D eigenvalue weighted by Gasteiger charge is 2.24. The van der Waals surface area contributed by atoms with Gasteiger partial charge in [-0.15, -0.1) is 5.10 Å². The lowest BCUT2D eigenvalue weighted by atomic mass is 10.4. The van der Waals surface area contributed by atoms with Crippen LogP contribution in [0.25, 0.3) is 6.08 Å². The van der Waals surface area contributed by atoms with Gasteiger partial charge in [0.1, 0.15) is 18.3 Å². The van der Waals surface area contributed by atoms with Gasteiger partial charge in [-0.25, -0.2) is 13.1 Å². The van der Waals surface area contributed by atoms with Crippen LogP contribution < -0.4 is 0 Å². The van der Waals surface area contributed by atoms with Gasteiger partial charge in [-0.2, -0.15) is 5.26 Å². The van der Waals surface area contributed by atoms with E-state index in [0.29, 0.717) is 0 Å². The van der Waals surface area contributed by atoms with Crippen LogP contribution in [0.3, 0.4) is 0 Å². The lowest BCUT2D eigenvalue weighted by Crippen LogP contribution is -2.08. The molecule has 2 aromatic rings. The van der Waals surface area contributed by atoms with Crippen LogP contribution >= 0.6 is 23.2 Å². The fraction of sp³-hybridized carbons (Fsp3) is 0.0769. The fourth-order valence-electron chi connectivity index (χ4n) is 1.70. The predicted molar refractivity (Wildman–Crippen MR) is 84.9 cm³/mol. The van der Waals surface area contributed by atoms with Gasteiger partial charge in [0.2, 0.25) is 9.84 Å². The summed E-state index contributed by atoms with van der Waals surface area (Å²) in [5, 5.41) is 25.0. The molecule has 0 fully saturated rings. The van der Waals surface area contributed by atoms with Crippen molar-refractivity contribution in [2.75, 3.05) is 0 Å². The number of carboxylic acids is 1. The minimum Gasteiger partial charge on any atom is -0.480 e. The molecule has 1 N–H and O–H groups in total. The molecule has 11 heteroatoms. The number of allylic oxidation sites excluding steroid dienone is 1. The second-order valence-corrected chi connectivity index (χ2v) is 7.16. The molecule has 0 aliphatic carbocycles. The number of sulfone groups is 1. The molecule has 124 valence electrons. The molecule has 2 rings (SSSR count). The third-order valence-corrected chi connectivity index (χ3v) is 5.10. The normalized spacial score (nSPS) is 12.0. The van der Waals surface area contributed by atoms with Gasteiger partial charge in [0, 0.05) is 5.02 Å². The largest absolute Gasteiger partial charge is 0.480 e. The average Bonchev–Trinajstić information content (AvgIpc) is 2.93. The summed E-state index contributed by atoms with van der Waals surface area (Å²) in [6, 6.07) is 5.41. The Balaban J connectivity index is 2.47. The summed E-state index contributed by atoms with van der Waals surface area (Å²) >= 11 is 11.7. The van der Waals surface area contributed by atoms with E-state index in [0.717, 1.165) is 16.8 Å². The Hall–Kier alpha value is -2.41. The molecule has 0 radical (unpaired) electrons. The molecule has 0 saturated heterocycles. The van der Waals surface area contributed by atoms with Gasteiger partial charge in [0.25, 0.3) is 0 Å². The number of nitrogens with zero attached hydrogens (tertiary/aromatic N) is 4. The van der Waals surface area contributed by atoms with Crippen molar-refractivity contribution >= 4 is 45.1 Å². The Kier molecular flexibility index (Phi) is 5.23. The van der Waals surface area contributed by atoms with Crippen LogP contribution in [0.4, 0.5) is 0 Å². The van der Waals surface area contributed by atoms with E-state index in [4.69, 9.17) is 28.3 Å². The van der Waals surface area contributed by atoms with Crippen molar-refractivity contribution in [3.8, 4) is 6.07 Å².